The van der Waals surface area contributed by atoms with Crippen molar-refractivity contribution in [3.63, 3.8) is 0 Å². The fraction of sp³-hybridized carbons (Fsp3) is 0.474. The number of ketones is 2. The number of allylic oxidation sites excluding steroid dienone is 3. The Kier molecular flexibility index (Phi) is 23.7. The highest BCUT2D eigenvalue weighted by Gasteiger charge is 2.28. The Morgan fingerprint density at radius 3 is 2.17 bits per heavy atom. The van der Waals surface area contributed by atoms with Crippen LogP contribution in [0.4, 0.5) is 5.69 Å². The van der Waals surface area contributed by atoms with Gasteiger partial charge in [0.15, 0.2) is 12.4 Å². The number of anilines is 1. The Bertz CT molecular complexity index is 2290. The minimum Gasteiger partial charge on any atom is -0.489 e. The average Bonchev–Trinajstić information content (AvgIpc) is 3.31. The van der Waals surface area contributed by atoms with Gasteiger partial charge in [0.05, 0.1) is 5.02 Å². The molecule has 3 aromatic rings. The maximum Gasteiger partial charge on any atom is 0.258 e. The molecule has 4 rings (SSSR count). The maximum absolute atomic E-state index is 13.2. The van der Waals surface area contributed by atoms with Crippen LogP contribution in [0.15, 0.2) is 102 Å². The Morgan fingerprint density at radius 2 is 1.59 bits per heavy atom. The summed E-state index contributed by atoms with van der Waals surface area (Å²) in [6, 6.07) is 18.2. The molecule has 1 saturated heterocycles. The summed E-state index contributed by atoms with van der Waals surface area (Å²) in [5, 5.41) is 13.6. The van der Waals surface area contributed by atoms with Crippen molar-refractivity contribution in [1.29, 1.82) is 0 Å². The molecule has 0 bridgehead atoms. The second-order valence-electron chi connectivity index (χ2n) is 19.0. The predicted molar refractivity (Wildman–Crippen MR) is 286 cm³/mol. The molecule has 12 heteroatoms. The van der Waals surface area contributed by atoms with Crippen LogP contribution < -0.4 is 25.1 Å². The second-order valence-corrected chi connectivity index (χ2v) is 19.4. The molecule has 0 saturated carbocycles. The lowest BCUT2D eigenvalue weighted by Gasteiger charge is -2.34. The molecule has 0 radical (unpaired) electrons. The normalized spacial score (nSPS) is 13.7. The molecule has 376 valence electrons. The minimum absolute atomic E-state index is 0.0360. The number of nitrogens with one attached hydrogen (secondary N) is 2. The number of ether oxygens (including phenoxy) is 2. The summed E-state index contributed by atoms with van der Waals surface area (Å²) in [4.78, 5) is 43.2. The van der Waals surface area contributed by atoms with Gasteiger partial charge < -0.3 is 19.7 Å². The molecule has 0 aromatic heterocycles. The summed E-state index contributed by atoms with van der Waals surface area (Å²) in [6.45, 7) is 33.8. The molecule has 1 heterocycles. The number of halogens is 1. The lowest BCUT2D eigenvalue weighted by atomic mass is 9.77. The van der Waals surface area contributed by atoms with Crippen LogP contribution in [-0.4, -0.2) is 73.5 Å². The molecule has 1 aliphatic rings. The molecule has 69 heavy (non-hydrogen) atoms. The number of Topliss-reactive ketones (excluding diaryl/α,β-unsaturated/α-hetero) is 2. The summed E-state index contributed by atoms with van der Waals surface area (Å²) in [7, 11) is 1.43. The van der Waals surface area contributed by atoms with Gasteiger partial charge in [-0.3, -0.25) is 25.0 Å². The van der Waals surface area contributed by atoms with Crippen LogP contribution in [0, 0.1) is 11.8 Å². The van der Waals surface area contributed by atoms with Gasteiger partial charge in [0.1, 0.15) is 29.7 Å². The molecule has 0 aliphatic carbocycles. The molecule has 1 amide bonds. The smallest absolute Gasteiger partial charge is 0.258 e. The van der Waals surface area contributed by atoms with Crippen LogP contribution in [0.1, 0.15) is 147 Å². The summed E-state index contributed by atoms with van der Waals surface area (Å²) in [5.41, 5.74) is 11.1. The van der Waals surface area contributed by atoms with Crippen molar-refractivity contribution >= 4 is 46.5 Å². The maximum atomic E-state index is 13.2. The van der Waals surface area contributed by atoms with Crippen LogP contribution in [-0.2, 0) is 21.4 Å². The molecule has 3 N–H and O–H groups in total. The summed E-state index contributed by atoms with van der Waals surface area (Å²) >= 11 is 6.98. The third kappa shape index (κ3) is 18.4. The summed E-state index contributed by atoms with van der Waals surface area (Å²) in [5.74, 6) is 1.95. The first-order valence-electron chi connectivity index (χ1n) is 24.5. The van der Waals surface area contributed by atoms with E-state index in [9.17, 15) is 19.6 Å². The van der Waals surface area contributed by atoms with Crippen LogP contribution >= 0.6 is 11.6 Å². The Hall–Kier alpha value is -5.49. The number of carbonyl (C=O) groups is 3. The largest absolute Gasteiger partial charge is 0.489 e. The van der Waals surface area contributed by atoms with E-state index in [4.69, 9.17) is 21.1 Å². The number of aryl methyl sites for hydroxylation is 1. The van der Waals surface area contributed by atoms with Crippen LogP contribution in [0.25, 0.3) is 5.57 Å². The monoisotopic (exact) mass is 966 g/mol. The topological polar surface area (TPSA) is 133 Å². The fourth-order valence-electron chi connectivity index (χ4n) is 7.76. The van der Waals surface area contributed by atoms with Crippen LogP contribution in [0.2, 0.25) is 5.02 Å². The van der Waals surface area contributed by atoms with E-state index in [1.165, 1.54) is 12.6 Å². The van der Waals surface area contributed by atoms with Crippen molar-refractivity contribution in [3.05, 3.63) is 130 Å². The third-order valence-electron chi connectivity index (χ3n) is 12.6. The van der Waals surface area contributed by atoms with E-state index in [1.807, 2.05) is 64.1 Å². The number of piperidine rings is 1. The highest BCUT2D eigenvalue weighted by Crippen LogP contribution is 2.42. The first kappa shape index (κ1) is 57.8. The summed E-state index contributed by atoms with van der Waals surface area (Å²) < 4.78 is 12.2. The number of hydrogen-bond acceptors (Lipinski definition) is 10. The van der Waals surface area contributed by atoms with E-state index in [0.717, 1.165) is 120 Å². The number of nitrogens with zero attached hydrogens (tertiary/aromatic N) is 3. The van der Waals surface area contributed by atoms with Crippen molar-refractivity contribution in [3.8, 4) is 11.5 Å². The number of hydrazine groups is 1. The SMILES string of the molecule is C=C(/N=C\C=C(/C)COc1ccc(C(C)(C)c2cc(Cl)c(OCC(=O)NC3CCN(c4ccc(C(=O)C(C)C)c(CC)c4)CC3)c(C(=C)CCC)c2)cc1)NN(C)O.C=C(CC)CCC(C)C(C)=O. The number of carbonyl (C=O) groups excluding carboxylic acids is 3. The molecule has 0 spiro atoms. The van der Waals surface area contributed by atoms with Crippen LogP contribution in [0.3, 0.4) is 0 Å². The predicted octanol–water partition coefficient (Wildman–Crippen LogP) is 12.7. The quantitative estimate of drug-likeness (QED) is 0.0328. The van der Waals surface area contributed by atoms with Crippen molar-refractivity contribution in [2.75, 3.05) is 38.3 Å². The Morgan fingerprint density at radius 1 is 0.928 bits per heavy atom. The van der Waals surface area contributed by atoms with Gasteiger partial charge >= 0.3 is 0 Å². The lowest BCUT2D eigenvalue weighted by molar-refractivity contribution is -0.124. The molecule has 1 aliphatic heterocycles. The van der Waals surface area contributed by atoms with E-state index < -0.39 is 5.41 Å². The molecule has 11 nitrogen and oxygen atoms in total. The Balaban J connectivity index is 0.00000101. The number of aliphatic imine (C=N–C) groups is 1. The van der Waals surface area contributed by atoms with Gasteiger partial charge in [-0.05, 0) is 135 Å². The molecule has 3 aromatic carbocycles. The van der Waals surface area contributed by atoms with E-state index in [-0.39, 0.29) is 42.0 Å². The number of hydroxylamine groups is 1. The fourth-order valence-corrected chi connectivity index (χ4v) is 8.03. The number of rotatable bonds is 25. The van der Waals surface area contributed by atoms with Crippen molar-refractivity contribution in [2.24, 2.45) is 16.8 Å². The van der Waals surface area contributed by atoms with E-state index in [1.54, 1.807) is 13.1 Å². The lowest BCUT2D eigenvalue weighted by Crippen LogP contribution is -2.46. The first-order valence-corrected chi connectivity index (χ1v) is 24.8. The zero-order chi connectivity index (χ0) is 51.4. The minimum atomic E-state index is -0.425. The highest BCUT2D eigenvalue weighted by atomic mass is 35.5. The summed E-state index contributed by atoms with van der Waals surface area (Å²) in [6.07, 6.45) is 10.5. The highest BCUT2D eigenvalue weighted by molar-refractivity contribution is 6.32. The Labute approximate surface area is 418 Å². The van der Waals surface area contributed by atoms with Crippen LogP contribution in [0.5, 0.6) is 11.5 Å². The van der Waals surface area contributed by atoms with Gasteiger partial charge in [-0.1, -0.05) is 111 Å². The van der Waals surface area contributed by atoms with E-state index in [2.05, 4.69) is 99.3 Å². The van der Waals surface area contributed by atoms with E-state index in [0.29, 0.717) is 23.2 Å². The standard InChI is InChI=1S/C47H62ClN5O5.C10H18O/c1-11-13-33(6)42-27-37(47(8,9)36-14-17-40(18-15-36)57-29-32(5)20-23-49-34(7)51-52(10)56)28-43(48)46(42)58-30-44(54)50-38-21-24-53(25-22-38)39-16-19-41(35(12-2)26-39)45(55)31(3)4;1-5-8(2)6-7-9(3)10(4)11/h14-20,23,26-28,31,38,51,56H,6-7,11-13,21-22,24-25,29-30H2,1-5,8-10H3,(H,50,54);9H,2,5-7H2,1,3-4H3/b32-20+,49-23-;. The van der Waals surface area contributed by atoms with Gasteiger partial charge in [-0.15, -0.1) is 5.17 Å². The van der Waals surface area contributed by atoms with Gasteiger partial charge in [-0.2, -0.15) is 0 Å². The van der Waals surface area contributed by atoms with Gasteiger partial charge in [-0.25, -0.2) is 4.99 Å². The molecule has 1 atom stereocenters. The third-order valence-corrected chi connectivity index (χ3v) is 12.9. The molecular weight excluding hydrogens is 886 g/mol. The molecular formula is C57H80ClN5O6. The molecule has 1 fully saturated rings. The average molecular weight is 967 g/mol. The van der Waals surface area contributed by atoms with Gasteiger partial charge in [0.25, 0.3) is 5.91 Å². The number of amides is 1. The van der Waals surface area contributed by atoms with Gasteiger partial charge in [0, 0.05) is 66.5 Å². The van der Waals surface area contributed by atoms with E-state index >= 15 is 0 Å². The second kappa shape index (κ2) is 28.2. The first-order chi connectivity index (χ1) is 32.6. The number of benzene rings is 3. The van der Waals surface area contributed by atoms with Crippen molar-refractivity contribution in [1.82, 2.24) is 15.9 Å². The molecule has 1 unspecified atom stereocenters. The number of hydrogen-bond donors (Lipinski definition) is 3. The zero-order valence-electron chi connectivity index (χ0n) is 43.4. The van der Waals surface area contributed by atoms with Crippen molar-refractivity contribution < 1.29 is 29.1 Å². The van der Waals surface area contributed by atoms with Gasteiger partial charge in [0.2, 0.25) is 0 Å². The van der Waals surface area contributed by atoms with Crippen molar-refractivity contribution in [2.45, 2.75) is 132 Å². The zero-order valence-corrected chi connectivity index (χ0v) is 44.2.